The van der Waals surface area contributed by atoms with E-state index in [4.69, 9.17) is 10.7 Å². The van der Waals surface area contributed by atoms with Gasteiger partial charge in [-0.25, -0.2) is 23.4 Å². The summed E-state index contributed by atoms with van der Waals surface area (Å²) in [5, 5.41) is -0.467. The molecule has 0 aliphatic rings. The maximum absolute atomic E-state index is 12.3. The van der Waals surface area contributed by atoms with Crippen molar-refractivity contribution < 1.29 is 11.3 Å². The lowest BCUT2D eigenvalue weighted by Gasteiger charge is -2.08. The summed E-state index contributed by atoms with van der Waals surface area (Å²) >= 11 is 0. The predicted octanol–water partition coefficient (Wildman–Crippen LogP) is 3.94. The number of fused-ring (bicyclic) bond motifs is 1. The maximum atomic E-state index is 12.3. The molecular weight excluding hydrogens is 374 g/mol. The summed E-state index contributed by atoms with van der Waals surface area (Å²) in [7, 11) is -3.31. The minimum Gasteiger partial charge on any atom is -0.384 e. The van der Waals surface area contributed by atoms with Gasteiger partial charge in [-0.1, -0.05) is 12.1 Å². The molecule has 0 saturated carbocycles. The number of sulfone groups is 1. The standard InChI is InChI=1S/C20H19N5O2S.2H2/c1-12(2)28(26,27)15-6-3-13(4-7-15)17-11-24-20-19(25-17)16(10-23-20)14-5-8-18(21)22-9-14;;/h3-12H,1-2H3,(H2,21,22)(H,23,24);2*1H. The summed E-state index contributed by atoms with van der Waals surface area (Å²) in [6, 6.07) is 10.3. The highest BCUT2D eigenvalue weighted by molar-refractivity contribution is 7.92. The molecule has 7 nitrogen and oxygen atoms in total. The van der Waals surface area contributed by atoms with E-state index < -0.39 is 15.1 Å². The van der Waals surface area contributed by atoms with Gasteiger partial charge in [0.25, 0.3) is 0 Å². The summed E-state index contributed by atoms with van der Waals surface area (Å²) in [5.41, 5.74) is 10.2. The molecule has 0 bridgehead atoms. The van der Waals surface area contributed by atoms with Gasteiger partial charge in [0.1, 0.15) is 11.3 Å². The van der Waals surface area contributed by atoms with Gasteiger partial charge in [-0.3, -0.25) is 0 Å². The molecule has 0 aliphatic heterocycles. The number of nitrogens with one attached hydrogen (secondary N) is 1. The average Bonchev–Trinajstić information content (AvgIpc) is 3.12. The van der Waals surface area contributed by atoms with Gasteiger partial charge in [0.05, 0.1) is 22.0 Å². The van der Waals surface area contributed by atoms with Crippen LogP contribution in [0.5, 0.6) is 0 Å². The van der Waals surface area contributed by atoms with Crippen molar-refractivity contribution in [2.45, 2.75) is 24.0 Å². The van der Waals surface area contributed by atoms with Crippen LogP contribution in [-0.2, 0) is 9.84 Å². The number of nitrogens with zero attached hydrogens (tertiary/aromatic N) is 3. The largest absolute Gasteiger partial charge is 0.384 e. The SMILES string of the molecule is CC(C)S(=O)(=O)c1ccc(-c2cnc3[nH]cc(-c4ccc(N)nc4)c3n2)cc1.[HH].[HH]. The molecule has 0 amide bonds. The number of hydrogen-bond donors (Lipinski definition) is 2. The smallest absolute Gasteiger partial charge is 0.180 e. The van der Waals surface area contributed by atoms with Gasteiger partial charge in [0.2, 0.25) is 0 Å². The number of anilines is 1. The third-order valence-electron chi connectivity index (χ3n) is 4.58. The third-order valence-corrected chi connectivity index (χ3v) is 6.75. The number of H-pyrrole nitrogens is 1. The number of benzene rings is 1. The van der Waals surface area contributed by atoms with Crippen LogP contribution in [0.1, 0.15) is 16.7 Å². The number of aromatic amines is 1. The molecule has 0 unspecified atom stereocenters. The van der Waals surface area contributed by atoms with Crippen molar-refractivity contribution in [2.24, 2.45) is 0 Å². The van der Waals surface area contributed by atoms with Crippen LogP contribution in [0.2, 0.25) is 0 Å². The van der Waals surface area contributed by atoms with Crippen LogP contribution >= 0.6 is 0 Å². The minimum atomic E-state index is -3.31. The van der Waals surface area contributed by atoms with E-state index in [2.05, 4.69) is 15.0 Å². The molecule has 1 aromatic carbocycles. The zero-order valence-corrected chi connectivity index (χ0v) is 16.2. The molecule has 3 heterocycles. The summed E-state index contributed by atoms with van der Waals surface area (Å²) in [6.07, 6.45) is 5.19. The summed E-state index contributed by atoms with van der Waals surface area (Å²) < 4.78 is 24.6. The van der Waals surface area contributed by atoms with E-state index in [-0.39, 0.29) is 2.85 Å². The van der Waals surface area contributed by atoms with Crippen LogP contribution in [0.3, 0.4) is 0 Å². The van der Waals surface area contributed by atoms with Gasteiger partial charge in [0, 0.05) is 31.9 Å². The van der Waals surface area contributed by atoms with Crippen molar-refractivity contribution in [3.05, 3.63) is 55.0 Å². The number of nitrogens with two attached hydrogens (primary N) is 1. The Balaban J connectivity index is 0.00000160. The minimum absolute atomic E-state index is 0. The molecule has 0 fully saturated rings. The van der Waals surface area contributed by atoms with Crippen molar-refractivity contribution in [3.63, 3.8) is 0 Å². The average molecular weight is 398 g/mol. The van der Waals surface area contributed by atoms with Crippen LogP contribution in [-0.4, -0.2) is 33.6 Å². The molecule has 4 rings (SSSR count). The van der Waals surface area contributed by atoms with E-state index in [9.17, 15) is 8.42 Å². The Morgan fingerprint density at radius 1 is 1.00 bits per heavy atom. The Bertz CT molecular complexity index is 1250. The Morgan fingerprint density at radius 3 is 2.36 bits per heavy atom. The first-order valence-corrected chi connectivity index (χ1v) is 10.3. The van der Waals surface area contributed by atoms with Gasteiger partial charge in [-0.15, -0.1) is 0 Å². The molecule has 4 aromatic rings. The van der Waals surface area contributed by atoms with Crippen molar-refractivity contribution >= 4 is 26.8 Å². The van der Waals surface area contributed by atoms with Gasteiger partial charge in [0.15, 0.2) is 15.5 Å². The Labute approximate surface area is 165 Å². The molecular formula is C20H23N5O2S. The summed E-state index contributed by atoms with van der Waals surface area (Å²) in [5.74, 6) is 0.451. The van der Waals surface area contributed by atoms with Crippen molar-refractivity contribution in [1.29, 1.82) is 0 Å². The quantitative estimate of drug-likeness (QED) is 0.539. The second-order valence-corrected chi connectivity index (χ2v) is 9.25. The lowest BCUT2D eigenvalue weighted by Crippen LogP contribution is -2.13. The molecule has 0 radical (unpaired) electrons. The van der Waals surface area contributed by atoms with Crippen molar-refractivity contribution in [1.82, 2.24) is 19.9 Å². The Hall–Kier alpha value is -3.26. The fourth-order valence-electron chi connectivity index (χ4n) is 2.90. The van der Waals surface area contributed by atoms with Crippen LogP contribution in [0.15, 0.2) is 59.9 Å². The summed E-state index contributed by atoms with van der Waals surface area (Å²) in [4.78, 5) is 16.7. The topological polar surface area (TPSA) is 115 Å². The molecule has 8 heteroatoms. The lowest BCUT2D eigenvalue weighted by molar-refractivity contribution is 0.587. The molecule has 28 heavy (non-hydrogen) atoms. The van der Waals surface area contributed by atoms with Crippen molar-refractivity contribution in [2.75, 3.05) is 5.73 Å². The number of aromatic nitrogens is 4. The second-order valence-electron chi connectivity index (χ2n) is 6.74. The first-order valence-electron chi connectivity index (χ1n) is 8.76. The number of rotatable bonds is 4. The Kier molecular flexibility index (Phi) is 4.35. The fourth-order valence-corrected chi connectivity index (χ4v) is 3.96. The van der Waals surface area contributed by atoms with E-state index in [0.29, 0.717) is 27.6 Å². The third kappa shape index (κ3) is 3.11. The van der Waals surface area contributed by atoms with Gasteiger partial charge in [-0.05, 0) is 38.1 Å². The van der Waals surface area contributed by atoms with Gasteiger partial charge >= 0.3 is 0 Å². The zero-order chi connectivity index (χ0) is 19.9. The summed E-state index contributed by atoms with van der Waals surface area (Å²) in [6.45, 7) is 3.34. The normalized spacial score (nSPS) is 12.0. The monoisotopic (exact) mass is 397 g/mol. The Morgan fingerprint density at radius 2 is 1.71 bits per heavy atom. The molecule has 3 N–H and O–H groups in total. The molecule has 146 valence electrons. The van der Waals surface area contributed by atoms with Crippen LogP contribution in [0.25, 0.3) is 33.5 Å². The lowest BCUT2D eigenvalue weighted by atomic mass is 10.1. The van der Waals surface area contributed by atoms with E-state index in [1.165, 1.54) is 0 Å². The van der Waals surface area contributed by atoms with E-state index in [0.717, 1.165) is 16.7 Å². The van der Waals surface area contributed by atoms with Crippen LogP contribution < -0.4 is 5.73 Å². The number of hydrogen-bond acceptors (Lipinski definition) is 6. The maximum Gasteiger partial charge on any atom is 0.180 e. The first kappa shape index (κ1) is 18.1. The molecule has 3 aromatic heterocycles. The highest BCUT2D eigenvalue weighted by Crippen LogP contribution is 2.29. The van der Waals surface area contributed by atoms with E-state index >= 15 is 0 Å². The second kappa shape index (κ2) is 6.72. The highest BCUT2D eigenvalue weighted by atomic mass is 32.2. The van der Waals surface area contributed by atoms with E-state index in [1.54, 1.807) is 56.6 Å². The van der Waals surface area contributed by atoms with Crippen molar-refractivity contribution in [3.8, 4) is 22.4 Å². The molecule has 0 atom stereocenters. The van der Waals surface area contributed by atoms with Crippen LogP contribution in [0.4, 0.5) is 5.82 Å². The predicted molar refractivity (Wildman–Crippen MR) is 114 cm³/mol. The molecule has 0 saturated heterocycles. The fraction of sp³-hybridized carbons (Fsp3) is 0.150. The molecule has 0 spiro atoms. The van der Waals surface area contributed by atoms with Gasteiger partial charge in [-0.2, -0.15) is 0 Å². The molecule has 0 aliphatic carbocycles. The van der Waals surface area contributed by atoms with Crippen LogP contribution in [0, 0.1) is 0 Å². The number of pyridine rings is 1. The highest BCUT2D eigenvalue weighted by Gasteiger charge is 2.19. The zero-order valence-electron chi connectivity index (χ0n) is 15.4. The number of nitrogen functional groups attached to an aromatic ring is 1. The van der Waals surface area contributed by atoms with Gasteiger partial charge < -0.3 is 10.7 Å². The first-order chi connectivity index (χ1) is 13.4. The van der Waals surface area contributed by atoms with E-state index in [1.807, 2.05) is 12.3 Å².